The average Bonchev–Trinajstić information content (AvgIpc) is 3.25. The molecule has 2 aliphatic rings. The van der Waals surface area contributed by atoms with Crippen molar-refractivity contribution in [1.29, 1.82) is 0 Å². The summed E-state index contributed by atoms with van der Waals surface area (Å²) in [6.45, 7) is 3.54. The number of likely N-dealkylation sites (tertiary alicyclic amines) is 1. The van der Waals surface area contributed by atoms with E-state index in [2.05, 4.69) is 27.5 Å². The Morgan fingerprint density at radius 3 is 2.58 bits per heavy atom. The molecule has 2 aromatic rings. The van der Waals surface area contributed by atoms with Gasteiger partial charge in [-0.3, -0.25) is 14.8 Å². The highest BCUT2D eigenvalue weighted by Crippen LogP contribution is 2.27. The number of allylic oxidation sites excluding steroid dienone is 3. The molecule has 172 valence electrons. The topological polar surface area (TPSA) is 99.5 Å². The average molecular weight is 448 g/mol. The van der Waals surface area contributed by atoms with Gasteiger partial charge in [-0.25, -0.2) is 10.2 Å². The Labute approximate surface area is 193 Å². The summed E-state index contributed by atoms with van der Waals surface area (Å²) in [5, 5.41) is 16.3. The number of nitrogens with one attached hydrogen (secondary N) is 2. The van der Waals surface area contributed by atoms with Crippen LogP contribution < -0.4 is 10.8 Å². The van der Waals surface area contributed by atoms with E-state index in [1.54, 1.807) is 22.4 Å². The fourth-order valence-electron chi connectivity index (χ4n) is 4.34. The minimum Gasteiger partial charge on any atom is -0.371 e. The van der Waals surface area contributed by atoms with Crippen molar-refractivity contribution in [3.8, 4) is 5.69 Å². The fourth-order valence-corrected chi connectivity index (χ4v) is 4.34. The summed E-state index contributed by atoms with van der Waals surface area (Å²) >= 11 is 0. The molecular weight excluding hydrogens is 418 g/mol. The first-order valence-electron chi connectivity index (χ1n) is 11.3. The van der Waals surface area contributed by atoms with E-state index in [1.807, 2.05) is 37.3 Å². The molecule has 2 heterocycles. The molecule has 1 aromatic carbocycles. The standard InChI is InChI=1S/C25H29N5O3/c1-18-22(17-26-30(18)21-8-3-2-4-9-21)25(32)27-20-13-15-29(16-14-20)23-10-6-5-7-19(23)11-12-24(31)28-33/h2-4,7-12,17,20,33H,5-6,13-16H2,1H3,(H,27,32)(H,28,31)/b12-11+. The van der Waals surface area contributed by atoms with E-state index < -0.39 is 5.91 Å². The Morgan fingerprint density at radius 2 is 1.85 bits per heavy atom. The molecule has 3 N–H and O–H groups in total. The summed E-state index contributed by atoms with van der Waals surface area (Å²) in [4.78, 5) is 26.6. The second-order valence-corrected chi connectivity index (χ2v) is 8.26. The minimum atomic E-state index is -0.548. The molecule has 1 aliphatic heterocycles. The summed E-state index contributed by atoms with van der Waals surface area (Å²) in [6.07, 6.45) is 12.5. The van der Waals surface area contributed by atoms with Crippen LogP contribution >= 0.6 is 0 Å². The number of para-hydroxylation sites is 1. The Hall–Kier alpha value is -3.65. The predicted molar refractivity (Wildman–Crippen MR) is 125 cm³/mol. The molecule has 0 radical (unpaired) electrons. The van der Waals surface area contributed by atoms with Crippen LogP contribution in [0.3, 0.4) is 0 Å². The van der Waals surface area contributed by atoms with Crippen LogP contribution in [0.25, 0.3) is 5.69 Å². The molecule has 0 saturated carbocycles. The maximum atomic E-state index is 12.9. The van der Waals surface area contributed by atoms with Crippen molar-refractivity contribution < 1.29 is 14.8 Å². The molecule has 1 fully saturated rings. The molecule has 1 saturated heterocycles. The number of amides is 2. The lowest BCUT2D eigenvalue weighted by Crippen LogP contribution is -2.44. The van der Waals surface area contributed by atoms with E-state index in [1.165, 1.54) is 6.08 Å². The zero-order chi connectivity index (χ0) is 23.2. The molecule has 0 spiro atoms. The van der Waals surface area contributed by atoms with Gasteiger partial charge in [-0.15, -0.1) is 0 Å². The largest absolute Gasteiger partial charge is 0.371 e. The highest BCUT2D eigenvalue weighted by molar-refractivity contribution is 5.95. The second-order valence-electron chi connectivity index (χ2n) is 8.26. The van der Waals surface area contributed by atoms with Crippen LogP contribution in [0.4, 0.5) is 0 Å². The number of piperidine rings is 1. The number of carbonyl (C=O) groups is 2. The van der Waals surface area contributed by atoms with E-state index in [9.17, 15) is 9.59 Å². The Morgan fingerprint density at radius 1 is 1.12 bits per heavy atom. The van der Waals surface area contributed by atoms with Crippen LogP contribution in [0, 0.1) is 6.92 Å². The Balaban J connectivity index is 1.35. The first-order valence-corrected chi connectivity index (χ1v) is 11.3. The van der Waals surface area contributed by atoms with E-state index >= 15 is 0 Å². The van der Waals surface area contributed by atoms with Crippen LogP contribution in [0.2, 0.25) is 0 Å². The number of benzene rings is 1. The molecule has 1 aromatic heterocycles. The monoisotopic (exact) mass is 447 g/mol. The molecule has 2 amide bonds. The Kier molecular flexibility index (Phi) is 7.04. The third-order valence-electron chi connectivity index (χ3n) is 6.11. The van der Waals surface area contributed by atoms with Gasteiger partial charge in [0.25, 0.3) is 11.8 Å². The molecule has 1 aliphatic carbocycles. The summed E-state index contributed by atoms with van der Waals surface area (Å²) < 4.78 is 1.78. The fraction of sp³-hybridized carbons (Fsp3) is 0.320. The van der Waals surface area contributed by atoms with Crippen LogP contribution in [-0.4, -0.2) is 50.8 Å². The van der Waals surface area contributed by atoms with Crippen molar-refractivity contribution in [2.45, 2.75) is 38.6 Å². The number of nitrogens with zero attached hydrogens (tertiary/aromatic N) is 3. The molecule has 0 atom stereocenters. The first kappa shape index (κ1) is 22.5. The lowest BCUT2D eigenvalue weighted by molar-refractivity contribution is -0.124. The van der Waals surface area contributed by atoms with Gasteiger partial charge < -0.3 is 10.2 Å². The Bertz CT molecular complexity index is 1090. The SMILES string of the molecule is Cc1c(C(=O)NC2CCN(C3=CCCC=C3/C=C/C(=O)NO)CC2)cnn1-c1ccccc1. The van der Waals surface area contributed by atoms with Crippen molar-refractivity contribution in [2.24, 2.45) is 0 Å². The molecule has 0 unspecified atom stereocenters. The van der Waals surface area contributed by atoms with Crippen LogP contribution in [0.1, 0.15) is 41.7 Å². The van der Waals surface area contributed by atoms with Crippen LogP contribution in [-0.2, 0) is 4.79 Å². The van der Waals surface area contributed by atoms with Crippen LogP contribution in [0.5, 0.6) is 0 Å². The quantitative estimate of drug-likeness (QED) is 0.359. The van der Waals surface area contributed by atoms with Crippen molar-refractivity contribution in [2.75, 3.05) is 13.1 Å². The normalized spacial score (nSPS) is 17.0. The lowest BCUT2D eigenvalue weighted by Gasteiger charge is -2.36. The zero-order valence-electron chi connectivity index (χ0n) is 18.7. The van der Waals surface area contributed by atoms with Gasteiger partial charge in [0, 0.05) is 30.9 Å². The van der Waals surface area contributed by atoms with E-state index in [-0.39, 0.29) is 11.9 Å². The van der Waals surface area contributed by atoms with Crippen molar-refractivity contribution >= 4 is 11.8 Å². The molecule has 33 heavy (non-hydrogen) atoms. The third kappa shape index (κ3) is 5.23. The van der Waals surface area contributed by atoms with Gasteiger partial charge in [-0.2, -0.15) is 5.10 Å². The molecule has 4 rings (SSSR count). The summed E-state index contributed by atoms with van der Waals surface area (Å²) in [5.41, 5.74) is 6.04. The van der Waals surface area contributed by atoms with Gasteiger partial charge in [0.1, 0.15) is 0 Å². The van der Waals surface area contributed by atoms with E-state index in [0.717, 1.165) is 61.4 Å². The van der Waals surface area contributed by atoms with Gasteiger partial charge in [-0.1, -0.05) is 30.4 Å². The van der Waals surface area contributed by atoms with Gasteiger partial charge in [-0.05, 0) is 56.4 Å². The van der Waals surface area contributed by atoms with Crippen LogP contribution in [0.15, 0.2) is 72.1 Å². The van der Waals surface area contributed by atoms with Crippen molar-refractivity contribution in [3.63, 3.8) is 0 Å². The molecular formula is C25H29N5O3. The predicted octanol–water partition coefficient (Wildman–Crippen LogP) is 3.04. The molecule has 8 heteroatoms. The summed E-state index contributed by atoms with van der Waals surface area (Å²) in [5.74, 6) is -0.642. The number of rotatable bonds is 6. The first-order chi connectivity index (χ1) is 16.1. The molecule has 8 nitrogen and oxygen atoms in total. The summed E-state index contributed by atoms with van der Waals surface area (Å²) in [7, 11) is 0. The van der Waals surface area contributed by atoms with Crippen molar-refractivity contribution in [1.82, 2.24) is 25.5 Å². The summed E-state index contributed by atoms with van der Waals surface area (Å²) in [6, 6.07) is 9.87. The highest BCUT2D eigenvalue weighted by atomic mass is 16.5. The number of hydrogen-bond donors (Lipinski definition) is 3. The van der Waals surface area contributed by atoms with Crippen molar-refractivity contribution in [3.05, 3.63) is 83.4 Å². The number of aromatic nitrogens is 2. The second kappa shape index (κ2) is 10.3. The van der Waals surface area contributed by atoms with Gasteiger partial charge in [0.2, 0.25) is 0 Å². The number of hydrogen-bond acceptors (Lipinski definition) is 5. The maximum absolute atomic E-state index is 12.9. The van der Waals surface area contributed by atoms with Gasteiger partial charge >= 0.3 is 0 Å². The smallest absolute Gasteiger partial charge is 0.267 e. The van der Waals surface area contributed by atoms with E-state index in [4.69, 9.17) is 5.21 Å². The van der Waals surface area contributed by atoms with E-state index in [0.29, 0.717) is 5.56 Å². The number of hydroxylamine groups is 1. The lowest BCUT2D eigenvalue weighted by atomic mass is 9.97. The van der Waals surface area contributed by atoms with Gasteiger partial charge in [0.05, 0.1) is 23.1 Å². The number of carbonyl (C=O) groups excluding carboxylic acids is 2. The molecule has 0 bridgehead atoms. The third-order valence-corrected chi connectivity index (χ3v) is 6.11. The minimum absolute atomic E-state index is 0.0939. The highest BCUT2D eigenvalue weighted by Gasteiger charge is 2.25. The maximum Gasteiger partial charge on any atom is 0.267 e. The van der Waals surface area contributed by atoms with Gasteiger partial charge in [0.15, 0.2) is 0 Å². The zero-order valence-corrected chi connectivity index (χ0v) is 18.7.